The molecule has 0 radical (unpaired) electrons. The van der Waals surface area contributed by atoms with Crippen molar-refractivity contribution in [3.8, 4) is 11.8 Å². The van der Waals surface area contributed by atoms with Gasteiger partial charge in [0.15, 0.2) is 6.61 Å². The van der Waals surface area contributed by atoms with Gasteiger partial charge in [-0.1, -0.05) is 11.6 Å². The van der Waals surface area contributed by atoms with Gasteiger partial charge in [0.1, 0.15) is 18.1 Å². The molecule has 0 atom stereocenters. The maximum absolute atomic E-state index is 11.8. The highest BCUT2D eigenvalue weighted by Gasteiger charge is 2.06. The summed E-state index contributed by atoms with van der Waals surface area (Å²) in [5.41, 5.74) is 1.35. The van der Waals surface area contributed by atoms with Gasteiger partial charge in [-0.25, -0.2) is 0 Å². The van der Waals surface area contributed by atoms with Crippen molar-refractivity contribution in [1.29, 1.82) is 5.26 Å². The number of rotatable bonds is 5. The van der Waals surface area contributed by atoms with Crippen LogP contribution in [-0.4, -0.2) is 18.8 Å². The van der Waals surface area contributed by atoms with E-state index in [0.717, 1.165) is 6.29 Å². The molecule has 0 aliphatic heterocycles. The third-order valence-corrected chi connectivity index (χ3v) is 3.07. The van der Waals surface area contributed by atoms with E-state index in [9.17, 15) is 9.59 Å². The number of halogens is 1. The van der Waals surface area contributed by atoms with Gasteiger partial charge in [-0.3, -0.25) is 9.59 Å². The van der Waals surface area contributed by atoms with Crippen molar-refractivity contribution in [3.63, 3.8) is 0 Å². The lowest BCUT2D eigenvalue weighted by Gasteiger charge is -2.08. The summed E-state index contributed by atoms with van der Waals surface area (Å²) in [6, 6.07) is 13.0. The van der Waals surface area contributed by atoms with Gasteiger partial charge in [0, 0.05) is 11.3 Å². The average Bonchev–Trinajstić information content (AvgIpc) is 2.53. The highest BCUT2D eigenvalue weighted by molar-refractivity contribution is 6.32. The Labute approximate surface area is 132 Å². The molecule has 1 amide bonds. The minimum absolute atomic E-state index is 0.182. The van der Waals surface area contributed by atoms with E-state index in [2.05, 4.69) is 5.32 Å². The van der Waals surface area contributed by atoms with Crippen molar-refractivity contribution < 1.29 is 14.3 Å². The van der Waals surface area contributed by atoms with Crippen LogP contribution in [0, 0.1) is 11.3 Å². The molecule has 1 N–H and O–H groups in total. The lowest BCUT2D eigenvalue weighted by Crippen LogP contribution is -2.20. The van der Waals surface area contributed by atoms with Gasteiger partial charge in [0.2, 0.25) is 0 Å². The van der Waals surface area contributed by atoms with Gasteiger partial charge in [-0.2, -0.15) is 5.26 Å². The Bertz CT molecular complexity index is 736. The van der Waals surface area contributed by atoms with Crippen LogP contribution in [0.1, 0.15) is 15.9 Å². The maximum Gasteiger partial charge on any atom is 0.262 e. The van der Waals surface area contributed by atoms with E-state index in [1.165, 1.54) is 12.1 Å². The van der Waals surface area contributed by atoms with Crippen LogP contribution in [-0.2, 0) is 4.79 Å². The molecule has 2 aromatic carbocycles. The summed E-state index contributed by atoms with van der Waals surface area (Å²) in [4.78, 5) is 22.3. The van der Waals surface area contributed by atoms with Gasteiger partial charge in [-0.05, 0) is 42.5 Å². The van der Waals surface area contributed by atoms with Crippen LogP contribution in [0.25, 0.3) is 0 Å². The summed E-state index contributed by atoms with van der Waals surface area (Å²) in [5.74, 6) is 0.124. The molecule has 0 bridgehead atoms. The highest BCUT2D eigenvalue weighted by Crippen LogP contribution is 2.20. The van der Waals surface area contributed by atoms with Crippen LogP contribution in [0.4, 0.5) is 5.69 Å². The zero-order chi connectivity index (χ0) is 15.9. The first kappa shape index (κ1) is 15.5. The molecule has 2 aromatic rings. The molecule has 0 fully saturated rings. The molecule has 5 nitrogen and oxygen atoms in total. The molecule has 0 aliphatic rings. The summed E-state index contributed by atoms with van der Waals surface area (Å²) in [6.45, 7) is -0.182. The topological polar surface area (TPSA) is 79.2 Å². The number of hydrogen-bond donors (Lipinski definition) is 1. The van der Waals surface area contributed by atoms with E-state index in [-0.39, 0.29) is 17.5 Å². The first-order valence-electron chi connectivity index (χ1n) is 6.30. The predicted molar refractivity (Wildman–Crippen MR) is 82.1 cm³/mol. The number of carbonyl (C=O) groups excluding carboxylic acids is 2. The quantitative estimate of drug-likeness (QED) is 0.860. The summed E-state index contributed by atoms with van der Waals surface area (Å²) in [5, 5.41) is 11.7. The summed E-state index contributed by atoms with van der Waals surface area (Å²) in [7, 11) is 0. The standard InChI is InChI=1S/C16H11ClN2O3/c17-15-7-13(4-3-12(15)8-18)19-16(21)10-22-14-5-1-11(9-20)2-6-14/h1-7,9H,10H2,(H,19,21). The lowest BCUT2D eigenvalue weighted by molar-refractivity contribution is -0.118. The van der Waals surface area contributed by atoms with Crippen LogP contribution in [0.2, 0.25) is 5.02 Å². The summed E-state index contributed by atoms with van der Waals surface area (Å²) < 4.78 is 5.30. The molecule has 0 aliphatic carbocycles. The van der Waals surface area contributed by atoms with E-state index in [1.54, 1.807) is 30.3 Å². The van der Waals surface area contributed by atoms with Crippen LogP contribution in [0.15, 0.2) is 42.5 Å². The first-order chi connectivity index (χ1) is 10.6. The molecule has 6 heteroatoms. The number of nitriles is 1. The maximum atomic E-state index is 11.8. The summed E-state index contributed by atoms with van der Waals surface area (Å²) in [6.07, 6.45) is 0.727. The highest BCUT2D eigenvalue weighted by atomic mass is 35.5. The van der Waals surface area contributed by atoms with E-state index >= 15 is 0 Å². The van der Waals surface area contributed by atoms with Gasteiger partial charge < -0.3 is 10.1 Å². The number of amides is 1. The Balaban J connectivity index is 1.91. The largest absolute Gasteiger partial charge is 0.484 e. The molecule has 2 rings (SSSR count). The molecule has 22 heavy (non-hydrogen) atoms. The fraction of sp³-hybridized carbons (Fsp3) is 0.0625. The van der Waals surface area contributed by atoms with Crippen molar-refractivity contribution in [2.45, 2.75) is 0 Å². The number of benzene rings is 2. The molecule has 0 aromatic heterocycles. The Morgan fingerprint density at radius 3 is 2.59 bits per heavy atom. The second-order valence-electron chi connectivity index (χ2n) is 4.33. The summed E-state index contributed by atoms with van der Waals surface area (Å²) >= 11 is 5.88. The SMILES string of the molecule is N#Cc1ccc(NC(=O)COc2ccc(C=O)cc2)cc1Cl. The second kappa shape index (κ2) is 7.25. The molecule has 0 heterocycles. The number of ether oxygens (including phenoxy) is 1. The first-order valence-corrected chi connectivity index (χ1v) is 6.67. The fourth-order valence-electron chi connectivity index (χ4n) is 1.67. The Kier molecular flexibility index (Phi) is 5.12. The minimum Gasteiger partial charge on any atom is -0.484 e. The third kappa shape index (κ3) is 4.08. The van der Waals surface area contributed by atoms with Gasteiger partial charge in [0.25, 0.3) is 5.91 Å². The number of nitrogens with zero attached hydrogens (tertiary/aromatic N) is 1. The van der Waals surface area contributed by atoms with Crippen molar-refractivity contribution in [2.75, 3.05) is 11.9 Å². The van der Waals surface area contributed by atoms with Crippen LogP contribution < -0.4 is 10.1 Å². The van der Waals surface area contributed by atoms with Crippen molar-refractivity contribution >= 4 is 29.5 Å². The molecule has 0 unspecified atom stereocenters. The monoisotopic (exact) mass is 314 g/mol. The predicted octanol–water partition coefficient (Wildman–Crippen LogP) is 3.04. The van der Waals surface area contributed by atoms with E-state index in [0.29, 0.717) is 22.6 Å². The Morgan fingerprint density at radius 1 is 1.27 bits per heavy atom. The van der Waals surface area contributed by atoms with Crippen molar-refractivity contribution in [3.05, 3.63) is 58.6 Å². The van der Waals surface area contributed by atoms with Gasteiger partial charge in [0.05, 0.1) is 10.6 Å². The molecular weight excluding hydrogens is 304 g/mol. The third-order valence-electron chi connectivity index (χ3n) is 2.76. The molecule has 110 valence electrons. The van der Waals surface area contributed by atoms with E-state index in [4.69, 9.17) is 21.6 Å². The zero-order valence-electron chi connectivity index (χ0n) is 11.4. The second-order valence-corrected chi connectivity index (χ2v) is 4.74. The van der Waals surface area contributed by atoms with E-state index < -0.39 is 0 Å². The average molecular weight is 315 g/mol. The number of nitrogens with one attached hydrogen (secondary N) is 1. The fourth-order valence-corrected chi connectivity index (χ4v) is 1.89. The number of hydrogen-bond acceptors (Lipinski definition) is 4. The molecular formula is C16H11ClN2O3. The Morgan fingerprint density at radius 2 is 2.00 bits per heavy atom. The van der Waals surface area contributed by atoms with Crippen molar-refractivity contribution in [2.24, 2.45) is 0 Å². The van der Waals surface area contributed by atoms with Crippen LogP contribution in [0.3, 0.4) is 0 Å². The lowest BCUT2D eigenvalue weighted by atomic mass is 10.2. The number of anilines is 1. The smallest absolute Gasteiger partial charge is 0.262 e. The zero-order valence-corrected chi connectivity index (χ0v) is 12.1. The van der Waals surface area contributed by atoms with Gasteiger partial charge >= 0.3 is 0 Å². The minimum atomic E-state index is -0.361. The number of carbonyl (C=O) groups is 2. The van der Waals surface area contributed by atoms with Crippen molar-refractivity contribution in [1.82, 2.24) is 0 Å². The molecule has 0 saturated heterocycles. The molecule has 0 spiro atoms. The molecule has 0 saturated carbocycles. The van der Waals surface area contributed by atoms with E-state index in [1.807, 2.05) is 6.07 Å². The van der Waals surface area contributed by atoms with Crippen LogP contribution in [0.5, 0.6) is 5.75 Å². The van der Waals surface area contributed by atoms with Crippen LogP contribution >= 0.6 is 11.6 Å². The Hall–Kier alpha value is -2.84. The van der Waals surface area contributed by atoms with Gasteiger partial charge in [-0.15, -0.1) is 0 Å². The number of aldehydes is 1. The normalized spacial score (nSPS) is 9.64.